The summed E-state index contributed by atoms with van der Waals surface area (Å²) in [5, 5.41) is 1.14. The second-order valence-corrected chi connectivity index (χ2v) is 17.4. The van der Waals surface area contributed by atoms with Gasteiger partial charge in [0.15, 0.2) is 11.5 Å². The van der Waals surface area contributed by atoms with Crippen molar-refractivity contribution in [2.75, 3.05) is 6.61 Å². The second kappa shape index (κ2) is 14.9. The summed E-state index contributed by atoms with van der Waals surface area (Å²) >= 11 is 1.77. The van der Waals surface area contributed by atoms with Crippen molar-refractivity contribution >= 4 is 21.6 Å². The molecule has 0 radical (unpaired) electrons. The van der Waals surface area contributed by atoms with Gasteiger partial charge >= 0.3 is 0 Å². The summed E-state index contributed by atoms with van der Waals surface area (Å²) in [6.07, 6.45) is 5.33. The van der Waals surface area contributed by atoms with Crippen molar-refractivity contribution in [3.63, 3.8) is 0 Å². The number of hydrogen-bond donors (Lipinski definition) is 0. The summed E-state index contributed by atoms with van der Waals surface area (Å²) in [6, 6.07) is 19.9. The minimum absolute atomic E-state index is 0. The molecule has 3 nitrogen and oxygen atoms in total. The lowest BCUT2D eigenvalue weighted by Crippen LogP contribution is -2.38. The van der Waals surface area contributed by atoms with E-state index in [9.17, 15) is 0 Å². The number of thiazole rings is 1. The van der Waals surface area contributed by atoms with Crippen LogP contribution in [0.3, 0.4) is 0 Å². The first-order valence-corrected chi connectivity index (χ1v) is 17.1. The minimum atomic E-state index is -0.233. The normalized spacial score (nSPS) is 15.1. The molecular formula is C42H63NO2S. The Balaban J connectivity index is 0.000000236. The van der Waals surface area contributed by atoms with Crippen molar-refractivity contribution in [2.45, 2.75) is 145 Å². The van der Waals surface area contributed by atoms with E-state index >= 15 is 0 Å². The minimum Gasteiger partial charge on any atom is -0.486 e. The Labute approximate surface area is 286 Å². The fraction of sp³-hybridized carbons (Fsp3) is 0.548. The van der Waals surface area contributed by atoms with Gasteiger partial charge in [0.2, 0.25) is 0 Å². The number of nitrogens with zero attached hydrogens (tertiary/aromatic N) is 1. The topological polar surface area (TPSA) is 31.4 Å². The molecule has 46 heavy (non-hydrogen) atoms. The summed E-state index contributed by atoms with van der Waals surface area (Å²) < 4.78 is 12.9. The molecule has 0 N–H and O–H groups in total. The molecule has 1 aromatic heterocycles. The van der Waals surface area contributed by atoms with E-state index < -0.39 is 0 Å². The van der Waals surface area contributed by atoms with Crippen LogP contribution in [0, 0.1) is 6.92 Å². The van der Waals surface area contributed by atoms with Gasteiger partial charge in [-0.1, -0.05) is 107 Å². The van der Waals surface area contributed by atoms with E-state index in [1.165, 1.54) is 47.1 Å². The third kappa shape index (κ3) is 10.3. The van der Waals surface area contributed by atoms with Gasteiger partial charge in [0.25, 0.3) is 0 Å². The average molecular weight is 646 g/mol. The van der Waals surface area contributed by atoms with Crippen LogP contribution in [0.4, 0.5) is 0 Å². The second-order valence-electron chi connectivity index (χ2n) is 16.2. The van der Waals surface area contributed by atoms with Gasteiger partial charge in [-0.15, -0.1) is 11.3 Å². The van der Waals surface area contributed by atoms with E-state index in [1.807, 2.05) is 19.9 Å². The van der Waals surface area contributed by atoms with Gasteiger partial charge in [-0.05, 0) is 115 Å². The van der Waals surface area contributed by atoms with Crippen LogP contribution in [0.5, 0.6) is 11.5 Å². The Morgan fingerprint density at radius 3 is 1.78 bits per heavy atom. The van der Waals surface area contributed by atoms with E-state index in [4.69, 9.17) is 9.47 Å². The highest BCUT2D eigenvalue weighted by molar-refractivity contribution is 7.18. The van der Waals surface area contributed by atoms with Gasteiger partial charge in [-0.25, -0.2) is 4.98 Å². The predicted octanol–water partition coefficient (Wildman–Crippen LogP) is 12.6. The molecule has 0 spiro atoms. The Bertz CT molecular complexity index is 1570. The van der Waals surface area contributed by atoms with Gasteiger partial charge in [0.1, 0.15) is 12.2 Å². The number of hydrogen-bond acceptors (Lipinski definition) is 4. The molecule has 4 heteroatoms. The van der Waals surface area contributed by atoms with Crippen LogP contribution < -0.4 is 9.47 Å². The molecule has 1 aliphatic carbocycles. The van der Waals surface area contributed by atoms with Crippen molar-refractivity contribution in [3.05, 3.63) is 87.4 Å². The molecule has 0 atom stereocenters. The first-order valence-electron chi connectivity index (χ1n) is 16.3. The SMILES string of the molecule is C.C.CC(C)(C)c1ccc2c(c1)CCCC2.CC1(C)COc2ccc(C(C)(C)C)cc2O1.Cc1nc2ccc(C(C)(C)C)cc2s1. The van der Waals surface area contributed by atoms with Crippen molar-refractivity contribution in [1.29, 1.82) is 0 Å². The van der Waals surface area contributed by atoms with E-state index in [-0.39, 0.29) is 31.3 Å². The number of rotatable bonds is 0. The van der Waals surface area contributed by atoms with Crippen LogP contribution in [-0.4, -0.2) is 17.2 Å². The zero-order chi connectivity index (χ0) is 32.5. The van der Waals surface area contributed by atoms with Gasteiger partial charge < -0.3 is 9.47 Å². The van der Waals surface area contributed by atoms with Gasteiger partial charge in [-0.2, -0.15) is 0 Å². The summed E-state index contributed by atoms with van der Waals surface area (Å²) in [5.74, 6) is 1.72. The molecule has 0 fully saturated rings. The number of fused-ring (bicyclic) bond motifs is 3. The molecule has 2 aliphatic rings. The highest BCUT2D eigenvalue weighted by Gasteiger charge is 2.29. The molecule has 0 amide bonds. The van der Waals surface area contributed by atoms with Gasteiger partial charge in [-0.3, -0.25) is 0 Å². The smallest absolute Gasteiger partial charge is 0.162 e. The van der Waals surface area contributed by atoms with Crippen molar-refractivity contribution in [3.8, 4) is 11.5 Å². The summed E-state index contributed by atoms with van der Waals surface area (Å²) in [4.78, 5) is 4.45. The maximum absolute atomic E-state index is 5.93. The summed E-state index contributed by atoms with van der Waals surface area (Å²) in [6.45, 7) is 26.9. The lowest BCUT2D eigenvalue weighted by molar-refractivity contribution is 0.0211. The number of aromatic nitrogens is 1. The monoisotopic (exact) mass is 645 g/mol. The molecule has 0 saturated heterocycles. The van der Waals surface area contributed by atoms with Crippen LogP contribution in [0.25, 0.3) is 10.2 Å². The van der Waals surface area contributed by atoms with Crippen molar-refractivity contribution in [2.24, 2.45) is 0 Å². The van der Waals surface area contributed by atoms with Gasteiger partial charge in [0.05, 0.1) is 15.2 Å². The average Bonchev–Trinajstić information content (AvgIpc) is 3.30. The molecule has 4 aromatic rings. The predicted molar refractivity (Wildman–Crippen MR) is 204 cm³/mol. The van der Waals surface area contributed by atoms with E-state index in [0.717, 1.165) is 22.0 Å². The summed E-state index contributed by atoms with van der Waals surface area (Å²) in [5.41, 5.74) is 8.88. The zero-order valence-corrected chi connectivity index (χ0v) is 30.2. The third-order valence-electron chi connectivity index (χ3n) is 8.35. The first kappa shape index (κ1) is 39.3. The summed E-state index contributed by atoms with van der Waals surface area (Å²) in [7, 11) is 0. The molecule has 254 valence electrons. The van der Waals surface area contributed by atoms with Gasteiger partial charge in [0, 0.05) is 0 Å². The zero-order valence-electron chi connectivity index (χ0n) is 29.4. The Kier molecular flexibility index (Phi) is 12.8. The largest absolute Gasteiger partial charge is 0.486 e. The molecule has 2 heterocycles. The Morgan fingerprint density at radius 2 is 1.17 bits per heavy atom. The van der Waals surface area contributed by atoms with Crippen molar-refractivity contribution < 1.29 is 9.47 Å². The molecule has 0 saturated carbocycles. The number of benzene rings is 3. The maximum atomic E-state index is 5.93. The lowest BCUT2D eigenvalue weighted by atomic mass is 9.82. The molecule has 3 aromatic carbocycles. The quantitative estimate of drug-likeness (QED) is 0.191. The lowest BCUT2D eigenvalue weighted by Gasteiger charge is -2.33. The van der Waals surface area contributed by atoms with E-state index in [2.05, 4.69) is 123 Å². The van der Waals surface area contributed by atoms with Crippen LogP contribution in [0.1, 0.15) is 137 Å². The molecular weight excluding hydrogens is 583 g/mol. The molecule has 6 rings (SSSR count). The molecule has 0 unspecified atom stereocenters. The standard InChI is InChI=1S/C14H20O2.C14H20.C12H15NS.2CH4/c1-13(2,3)10-6-7-11-12(8-10)16-14(4,5)9-15-11;1-14(2,3)13-9-8-11-6-4-5-7-12(11)10-13;1-8-13-10-6-5-9(12(2,3)4)7-11(10)14-8;;/h6-8H,9H2,1-5H3;8-10H,4-7H2,1-3H3;5-7H,1-4H3;2*1H4. The highest BCUT2D eigenvalue weighted by Crippen LogP contribution is 2.38. The number of aryl methyl sites for hydroxylation is 3. The van der Waals surface area contributed by atoms with Crippen LogP contribution >= 0.6 is 11.3 Å². The maximum Gasteiger partial charge on any atom is 0.162 e. The highest BCUT2D eigenvalue weighted by atomic mass is 32.1. The van der Waals surface area contributed by atoms with Crippen LogP contribution in [0.15, 0.2) is 54.6 Å². The third-order valence-corrected chi connectivity index (χ3v) is 9.28. The van der Waals surface area contributed by atoms with Crippen molar-refractivity contribution in [1.82, 2.24) is 4.98 Å². The van der Waals surface area contributed by atoms with Crippen LogP contribution in [-0.2, 0) is 29.1 Å². The Hall–Kier alpha value is -2.85. The van der Waals surface area contributed by atoms with E-state index in [0.29, 0.717) is 12.0 Å². The molecule has 0 bridgehead atoms. The van der Waals surface area contributed by atoms with Crippen LogP contribution in [0.2, 0.25) is 0 Å². The molecule has 1 aliphatic heterocycles. The fourth-order valence-electron chi connectivity index (χ4n) is 5.46. The Morgan fingerprint density at radius 1 is 0.652 bits per heavy atom. The van der Waals surface area contributed by atoms with E-state index in [1.54, 1.807) is 22.5 Å². The first-order chi connectivity index (χ1) is 20.3. The fourth-order valence-corrected chi connectivity index (χ4v) is 6.32. The number of ether oxygens (including phenoxy) is 2.